The third kappa shape index (κ3) is 5.35. The first-order chi connectivity index (χ1) is 8.27. The molecule has 0 heterocycles. The highest BCUT2D eigenvalue weighted by Gasteiger charge is 2.36. The van der Waals surface area contributed by atoms with Crippen LogP contribution in [0.1, 0.15) is 27.7 Å². The molecular weight excluding hydrogens is 268 g/mol. The van der Waals surface area contributed by atoms with Gasteiger partial charge in [-0.05, 0) is 17.7 Å². The predicted molar refractivity (Wildman–Crippen MR) is 81.1 cm³/mol. The van der Waals surface area contributed by atoms with Gasteiger partial charge >= 0.3 is 0 Å². The van der Waals surface area contributed by atoms with Crippen molar-refractivity contribution < 1.29 is 10.0 Å². The van der Waals surface area contributed by atoms with Crippen LogP contribution in [0.15, 0.2) is 17.1 Å². The van der Waals surface area contributed by atoms with Crippen LogP contribution in [0.5, 0.6) is 0 Å². The summed E-state index contributed by atoms with van der Waals surface area (Å²) in [6, 6.07) is 0. The molecule has 0 spiro atoms. The molecule has 6 heteroatoms. The molecule has 2 atom stereocenters. The summed E-state index contributed by atoms with van der Waals surface area (Å²) in [5.41, 5.74) is -0.312. The quantitative estimate of drug-likeness (QED) is 0.268. The van der Waals surface area contributed by atoms with Crippen molar-refractivity contribution in [1.82, 2.24) is 5.32 Å². The number of amides is 1. The van der Waals surface area contributed by atoms with Crippen molar-refractivity contribution in [3.63, 3.8) is 0 Å². The zero-order valence-corrected chi connectivity index (χ0v) is 13.2. The second-order valence-corrected chi connectivity index (χ2v) is 7.81. The second-order valence-electron chi connectivity index (χ2n) is 4.84. The fourth-order valence-electron chi connectivity index (χ4n) is 1.50. The van der Waals surface area contributed by atoms with Gasteiger partial charge < -0.3 is 10.5 Å². The Bertz CT molecular complexity index is 325. The van der Waals surface area contributed by atoms with Crippen molar-refractivity contribution in [2.45, 2.75) is 32.3 Å². The lowest BCUT2D eigenvalue weighted by molar-refractivity contribution is -0.124. The van der Waals surface area contributed by atoms with Gasteiger partial charge in [0.05, 0.1) is 10.5 Å². The van der Waals surface area contributed by atoms with E-state index in [1.807, 2.05) is 27.7 Å². The van der Waals surface area contributed by atoms with Crippen molar-refractivity contribution in [3.8, 4) is 0 Å². The molecule has 0 aliphatic heterocycles. The lowest BCUT2D eigenvalue weighted by atomic mass is 9.80. The summed E-state index contributed by atoms with van der Waals surface area (Å²) in [5.74, 6) is -0.607. The number of carbonyl (C=O) groups is 1. The Kier molecular flexibility index (Phi) is 7.47. The maximum Gasteiger partial charge on any atom is 0.230 e. The Morgan fingerprint density at radius 3 is 2.39 bits per heavy atom. The van der Waals surface area contributed by atoms with E-state index in [2.05, 4.69) is 17.1 Å². The molecule has 0 aliphatic carbocycles. The van der Waals surface area contributed by atoms with E-state index in [9.17, 15) is 10.0 Å². The molecule has 2 unspecified atom stereocenters. The number of hydrogen-bond acceptors (Lipinski definition) is 5. The van der Waals surface area contributed by atoms with Gasteiger partial charge in [-0.2, -0.15) is 0 Å². The van der Waals surface area contributed by atoms with Crippen LogP contribution in [0.3, 0.4) is 0 Å². The van der Waals surface area contributed by atoms with Crippen LogP contribution in [-0.2, 0) is 4.79 Å². The van der Waals surface area contributed by atoms with Crippen molar-refractivity contribution in [3.05, 3.63) is 12.0 Å². The van der Waals surface area contributed by atoms with Gasteiger partial charge in [0.2, 0.25) is 5.91 Å². The standard InChI is InChI=1S/C12H22N2O2S2/c1-7-17-8(2)18-11(14-16)9(10(15)13-6)12(3,4)5/h7-9,16H,1H2,2-6H3,(H,13,15). The summed E-state index contributed by atoms with van der Waals surface area (Å²) in [5, 5.41) is 17.3. The highest BCUT2D eigenvalue weighted by atomic mass is 32.2. The number of thioether (sulfide) groups is 2. The average Bonchev–Trinajstić information content (AvgIpc) is 2.26. The first-order valence-corrected chi connectivity index (χ1v) is 7.46. The summed E-state index contributed by atoms with van der Waals surface area (Å²) >= 11 is 2.90. The van der Waals surface area contributed by atoms with E-state index in [1.165, 1.54) is 23.5 Å². The minimum Gasteiger partial charge on any atom is -0.410 e. The maximum atomic E-state index is 12.0. The number of hydrogen-bond donors (Lipinski definition) is 2. The zero-order valence-electron chi connectivity index (χ0n) is 11.6. The van der Waals surface area contributed by atoms with Crippen LogP contribution in [-0.4, -0.2) is 27.8 Å². The molecule has 104 valence electrons. The monoisotopic (exact) mass is 290 g/mol. The van der Waals surface area contributed by atoms with Crippen molar-refractivity contribution in [1.29, 1.82) is 0 Å². The predicted octanol–water partition coefficient (Wildman–Crippen LogP) is 3.14. The summed E-state index contributed by atoms with van der Waals surface area (Å²) in [4.78, 5) is 12.0. The lowest BCUT2D eigenvalue weighted by Gasteiger charge is -2.29. The van der Waals surface area contributed by atoms with E-state index >= 15 is 0 Å². The fourth-order valence-corrected chi connectivity index (χ4v) is 3.51. The Hall–Kier alpha value is -0.620. The number of rotatable bonds is 5. The van der Waals surface area contributed by atoms with Gasteiger partial charge in [-0.15, -0.1) is 11.8 Å². The highest BCUT2D eigenvalue weighted by molar-refractivity contribution is 8.25. The van der Waals surface area contributed by atoms with Crippen LogP contribution in [0, 0.1) is 11.3 Å². The second kappa shape index (κ2) is 7.74. The molecule has 0 aliphatic rings. The van der Waals surface area contributed by atoms with E-state index in [0.717, 1.165) is 0 Å². The van der Waals surface area contributed by atoms with Gasteiger partial charge in [-0.25, -0.2) is 0 Å². The Labute approximate surface area is 118 Å². The van der Waals surface area contributed by atoms with E-state index < -0.39 is 5.92 Å². The van der Waals surface area contributed by atoms with Crippen LogP contribution < -0.4 is 5.32 Å². The summed E-state index contributed by atoms with van der Waals surface area (Å²) in [6.45, 7) is 11.5. The SMILES string of the molecule is C=CSC(C)SC(=NO)C(C(=O)NC)C(C)(C)C. The van der Waals surface area contributed by atoms with Crippen molar-refractivity contribution >= 4 is 34.5 Å². The highest BCUT2D eigenvalue weighted by Crippen LogP contribution is 2.35. The Morgan fingerprint density at radius 1 is 1.50 bits per heavy atom. The van der Waals surface area contributed by atoms with Gasteiger partial charge in [0.15, 0.2) is 0 Å². The molecule has 0 bridgehead atoms. The van der Waals surface area contributed by atoms with E-state index in [4.69, 9.17) is 0 Å². The molecule has 0 rings (SSSR count). The van der Waals surface area contributed by atoms with E-state index in [1.54, 1.807) is 12.5 Å². The summed E-state index contributed by atoms with van der Waals surface area (Å²) in [7, 11) is 1.59. The maximum absolute atomic E-state index is 12.0. The molecular formula is C12H22N2O2S2. The van der Waals surface area contributed by atoms with Crippen LogP contribution in [0.2, 0.25) is 0 Å². The van der Waals surface area contributed by atoms with Crippen LogP contribution >= 0.6 is 23.5 Å². The first-order valence-electron chi connectivity index (χ1n) is 5.64. The normalized spacial score (nSPS) is 15.9. The number of nitrogens with zero attached hydrogens (tertiary/aromatic N) is 1. The van der Waals surface area contributed by atoms with Crippen LogP contribution in [0.4, 0.5) is 0 Å². The molecule has 0 aromatic heterocycles. The largest absolute Gasteiger partial charge is 0.410 e. The molecule has 0 aromatic rings. The van der Waals surface area contributed by atoms with Crippen LogP contribution in [0.25, 0.3) is 0 Å². The molecule has 18 heavy (non-hydrogen) atoms. The third-order valence-corrected chi connectivity index (χ3v) is 4.38. The average molecular weight is 290 g/mol. The molecule has 1 amide bonds. The number of nitrogens with one attached hydrogen (secondary N) is 1. The smallest absolute Gasteiger partial charge is 0.230 e. The van der Waals surface area contributed by atoms with Gasteiger partial charge in [-0.1, -0.05) is 44.3 Å². The van der Waals surface area contributed by atoms with Gasteiger partial charge in [0, 0.05) is 7.05 Å². The Morgan fingerprint density at radius 2 is 2.06 bits per heavy atom. The minimum absolute atomic E-state index is 0.140. The third-order valence-electron chi connectivity index (χ3n) is 2.29. The lowest BCUT2D eigenvalue weighted by Crippen LogP contribution is -2.40. The fraction of sp³-hybridized carbons (Fsp3) is 0.667. The van der Waals surface area contributed by atoms with Gasteiger partial charge in [0.1, 0.15) is 5.04 Å². The van der Waals surface area contributed by atoms with E-state index in [0.29, 0.717) is 5.04 Å². The molecule has 0 fully saturated rings. The summed E-state index contributed by atoms with van der Waals surface area (Å²) < 4.78 is 0.142. The minimum atomic E-state index is -0.467. The molecule has 0 radical (unpaired) electrons. The number of carbonyl (C=O) groups excluding carboxylic acids is 1. The zero-order chi connectivity index (χ0) is 14.3. The van der Waals surface area contributed by atoms with Crippen molar-refractivity contribution in [2.75, 3.05) is 7.05 Å². The Balaban J connectivity index is 5.07. The molecule has 0 saturated heterocycles. The molecule has 0 saturated carbocycles. The number of oxime groups is 1. The summed E-state index contributed by atoms with van der Waals surface area (Å²) in [6.07, 6.45) is 0. The van der Waals surface area contributed by atoms with Gasteiger partial charge in [0.25, 0.3) is 0 Å². The molecule has 0 aromatic carbocycles. The molecule has 4 nitrogen and oxygen atoms in total. The molecule has 2 N–H and O–H groups in total. The van der Waals surface area contributed by atoms with Crippen molar-refractivity contribution in [2.24, 2.45) is 16.5 Å². The van der Waals surface area contributed by atoms with E-state index in [-0.39, 0.29) is 15.9 Å². The first kappa shape index (κ1) is 17.4. The van der Waals surface area contributed by atoms with Gasteiger partial charge in [-0.3, -0.25) is 4.79 Å². The topological polar surface area (TPSA) is 61.7 Å².